The number of hydrogen-bond donors (Lipinski definition) is 1. The van der Waals surface area contributed by atoms with Gasteiger partial charge in [0.1, 0.15) is 11.9 Å². The van der Waals surface area contributed by atoms with Gasteiger partial charge in [-0.3, -0.25) is 39.1 Å². The van der Waals surface area contributed by atoms with Crippen molar-refractivity contribution in [2.75, 3.05) is 50.7 Å². The third-order valence-electron chi connectivity index (χ3n) is 9.08. The number of fused-ring (bicyclic) bond motifs is 1. The van der Waals surface area contributed by atoms with Crippen LogP contribution in [0.5, 0.6) is 0 Å². The molecule has 2 aromatic rings. The molecule has 6 rings (SSSR count). The van der Waals surface area contributed by atoms with E-state index in [-0.39, 0.29) is 30.1 Å². The van der Waals surface area contributed by atoms with Crippen molar-refractivity contribution in [1.29, 1.82) is 0 Å². The molecule has 2 aromatic carbocycles. The minimum atomic E-state index is -0.972. The van der Waals surface area contributed by atoms with Crippen LogP contribution in [0.4, 0.5) is 10.1 Å². The Labute approximate surface area is 243 Å². The van der Waals surface area contributed by atoms with Gasteiger partial charge in [-0.2, -0.15) is 0 Å². The van der Waals surface area contributed by atoms with E-state index in [1.807, 2.05) is 11.0 Å². The van der Waals surface area contributed by atoms with Crippen molar-refractivity contribution in [3.8, 4) is 0 Å². The summed E-state index contributed by atoms with van der Waals surface area (Å²) in [5.41, 5.74) is 2.27. The maximum absolute atomic E-state index is 13.9. The number of carbonyl (C=O) groups excluding carboxylic acids is 5. The summed E-state index contributed by atoms with van der Waals surface area (Å²) in [5.74, 6) is -1.97. The third-order valence-corrected chi connectivity index (χ3v) is 9.08. The van der Waals surface area contributed by atoms with Crippen LogP contribution in [0.25, 0.3) is 0 Å². The molecule has 0 aliphatic carbocycles. The van der Waals surface area contributed by atoms with Gasteiger partial charge in [0.15, 0.2) is 0 Å². The Morgan fingerprint density at radius 2 is 1.62 bits per heavy atom. The van der Waals surface area contributed by atoms with Crippen LogP contribution in [0.3, 0.4) is 0 Å². The van der Waals surface area contributed by atoms with Crippen LogP contribution in [0.2, 0.25) is 0 Å². The number of benzene rings is 2. The fraction of sp³-hybridized carbons (Fsp3) is 0.452. The fourth-order valence-electron chi connectivity index (χ4n) is 6.54. The third kappa shape index (κ3) is 5.17. The molecule has 3 saturated heterocycles. The number of nitrogens with one attached hydrogen (secondary N) is 1. The van der Waals surface area contributed by atoms with Crippen molar-refractivity contribution in [2.24, 2.45) is 5.92 Å². The summed E-state index contributed by atoms with van der Waals surface area (Å²) in [6.07, 6.45) is 2.18. The van der Waals surface area contributed by atoms with Gasteiger partial charge in [-0.15, -0.1) is 0 Å². The number of piperidine rings is 2. The number of carbonyl (C=O) groups is 5. The van der Waals surface area contributed by atoms with E-state index in [2.05, 4.69) is 15.1 Å². The van der Waals surface area contributed by atoms with Gasteiger partial charge in [-0.1, -0.05) is 6.07 Å². The Morgan fingerprint density at radius 3 is 2.33 bits per heavy atom. The highest BCUT2D eigenvalue weighted by molar-refractivity contribution is 6.23. The second-order valence-corrected chi connectivity index (χ2v) is 11.6. The number of piperazine rings is 1. The quantitative estimate of drug-likeness (QED) is 0.545. The van der Waals surface area contributed by atoms with E-state index in [9.17, 15) is 28.4 Å². The highest BCUT2D eigenvalue weighted by atomic mass is 19.1. The smallest absolute Gasteiger partial charge is 0.262 e. The Bertz CT molecular complexity index is 1460. The van der Waals surface area contributed by atoms with Gasteiger partial charge >= 0.3 is 0 Å². The van der Waals surface area contributed by atoms with Crippen LogP contribution in [0.15, 0.2) is 36.4 Å². The van der Waals surface area contributed by atoms with E-state index in [1.165, 1.54) is 6.07 Å². The lowest BCUT2D eigenvalue weighted by atomic mass is 9.95. The number of halogens is 1. The summed E-state index contributed by atoms with van der Waals surface area (Å²) in [7, 11) is 0. The zero-order valence-corrected chi connectivity index (χ0v) is 23.6. The zero-order chi connectivity index (χ0) is 29.5. The van der Waals surface area contributed by atoms with Crippen molar-refractivity contribution in [3.63, 3.8) is 0 Å². The topological polar surface area (TPSA) is 110 Å². The van der Waals surface area contributed by atoms with Crippen LogP contribution in [-0.2, 0) is 9.59 Å². The highest BCUT2D eigenvalue weighted by Gasteiger charge is 2.44. The summed E-state index contributed by atoms with van der Waals surface area (Å²) in [4.78, 5) is 70.4. The van der Waals surface area contributed by atoms with E-state index in [1.54, 1.807) is 31.2 Å². The summed E-state index contributed by atoms with van der Waals surface area (Å²) in [6, 6.07) is 8.93. The van der Waals surface area contributed by atoms with Gasteiger partial charge < -0.3 is 9.80 Å². The molecule has 10 nitrogen and oxygen atoms in total. The average Bonchev–Trinajstić information content (AvgIpc) is 3.24. The molecule has 42 heavy (non-hydrogen) atoms. The summed E-state index contributed by atoms with van der Waals surface area (Å²) >= 11 is 0. The first-order valence-electron chi connectivity index (χ1n) is 14.6. The molecule has 4 aliphatic rings. The van der Waals surface area contributed by atoms with E-state index in [0.717, 1.165) is 56.2 Å². The molecule has 3 fully saturated rings. The molecule has 11 heteroatoms. The second kappa shape index (κ2) is 11.3. The van der Waals surface area contributed by atoms with Crippen LogP contribution in [0.1, 0.15) is 62.3 Å². The Balaban J connectivity index is 1.01. The summed E-state index contributed by atoms with van der Waals surface area (Å²) in [6.45, 7) is 7.03. The SMILES string of the molecule is Cc1c(F)cccc1C(=O)N1CCN(CC2CCN(c3ccc4c(c3)C(=O)N(C3CCC(=O)NC3=O)C4=O)CC2)CC1. The van der Waals surface area contributed by atoms with Crippen molar-refractivity contribution in [2.45, 2.75) is 38.6 Å². The van der Waals surface area contributed by atoms with E-state index < -0.39 is 29.7 Å². The minimum absolute atomic E-state index is 0.0897. The summed E-state index contributed by atoms with van der Waals surface area (Å²) in [5, 5.41) is 2.22. The first-order chi connectivity index (χ1) is 20.2. The molecular weight excluding hydrogens is 541 g/mol. The normalized spacial score (nSPS) is 22.0. The molecular formula is C31H34FN5O5. The van der Waals surface area contributed by atoms with Crippen LogP contribution < -0.4 is 10.2 Å². The molecule has 0 aromatic heterocycles. The fourth-order valence-corrected chi connectivity index (χ4v) is 6.54. The van der Waals surface area contributed by atoms with Gasteiger partial charge in [0, 0.05) is 63.5 Å². The predicted molar refractivity (Wildman–Crippen MR) is 152 cm³/mol. The average molecular weight is 576 g/mol. The molecule has 1 atom stereocenters. The van der Waals surface area contributed by atoms with Gasteiger partial charge in [0.25, 0.3) is 17.7 Å². The monoisotopic (exact) mass is 575 g/mol. The number of nitrogens with zero attached hydrogens (tertiary/aromatic N) is 4. The number of rotatable bonds is 5. The van der Waals surface area contributed by atoms with Crippen LogP contribution in [0, 0.1) is 18.7 Å². The van der Waals surface area contributed by atoms with Gasteiger partial charge in [-0.25, -0.2) is 4.39 Å². The lowest BCUT2D eigenvalue weighted by molar-refractivity contribution is -0.136. The standard InChI is InChI=1S/C31H34FN5O5/c1-19-22(3-2-4-25(19)32)29(40)36-15-13-34(14-16-36)18-20-9-11-35(12-10-20)21-5-6-23-24(17-21)31(42)37(30(23)41)26-7-8-27(38)33-28(26)39/h2-6,17,20,26H,7-16,18H2,1H3,(H,33,38,39). The molecule has 0 bridgehead atoms. The van der Waals surface area contributed by atoms with E-state index >= 15 is 0 Å². The highest BCUT2D eigenvalue weighted by Crippen LogP contribution is 2.32. The number of amides is 5. The molecule has 1 unspecified atom stereocenters. The molecule has 0 radical (unpaired) electrons. The van der Waals surface area contributed by atoms with Crippen molar-refractivity contribution < 1.29 is 28.4 Å². The lowest BCUT2D eigenvalue weighted by Crippen LogP contribution is -2.54. The second-order valence-electron chi connectivity index (χ2n) is 11.6. The summed E-state index contributed by atoms with van der Waals surface area (Å²) < 4.78 is 13.9. The Hall–Kier alpha value is -4.12. The molecule has 4 aliphatic heterocycles. The maximum Gasteiger partial charge on any atom is 0.262 e. The Morgan fingerprint density at radius 1 is 0.905 bits per heavy atom. The van der Waals surface area contributed by atoms with Crippen molar-refractivity contribution in [1.82, 2.24) is 20.0 Å². The van der Waals surface area contributed by atoms with Crippen molar-refractivity contribution in [3.05, 3.63) is 64.5 Å². The number of hydrogen-bond acceptors (Lipinski definition) is 7. The van der Waals surface area contributed by atoms with Gasteiger partial charge in [0.05, 0.1) is 11.1 Å². The maximum atomic E-state index is 13.9. The van der Waals surface area contributed by atoms with Crippen LogP contribution >= 0.6 is 0 Å². The van der Waals surface area contributed by atoms with Gasteiger partial charge in [0.2, 0.25) is 11.8 Å². The van der Waals surface area contributed by atoms with Crippen molar-refractivity contribution >= 4 is 35.2 Å². The predicted octanol–water partition coefficient (Wildman–Crippen LogP) is 2.21. The Kier molecular flexibility index (Phi) is 7.53. The molecule has 0 saturated carbocycles. The van der Waals surface area contributed by atoms with Crippen LogP contribution in [-0.4, -0.2) is 96.1 Å². The molecule has 5 amide bonds. The lowest BCUT2D eigenvalue weighted by Gasteiger charge is -2.39. The first-order valence-corrected chi connectivity index (χ1v) is 14.6. The minimum Gasteiger partial charge on any atom is -0.371 e. The van der Waals surface area contributed by atoms with E-state index in [0.29, 0.717) is 35.7 Å². The first kappa shape index (κ1) is 28.0. The number of anilines is 1. The molecule has 0 spiro atoms. The largest absolute Gasteiger partial charge is 0.371 e. The zero-order valence-electron chi connectivity index (χ0n) is 23.6. The number of imide groups is 2. The molecule has 220 valence electrons. The van der Waals surface area contributed by atoms with Gasteiger partial charge in [-0.05, 0) is 68.0 Å². The molecule has 1 N–H and O–H groups in total. The van der Waals surface area contributed by atoms with E-state index in [4.69, 9.17) is 0 Å². The molecule has 4 heterocycles.